The van der Waals surface area contributed by atoms with Crippen molar-refractivity contribution in [3.8, 4) is 10.8 Å². The number of hydrogen-bond donors (Lipinski definition) is 0. The summed E-state index contributed by atoms with van der Waals surface area (Å²) in [4.78, 5) is 3.97. The van der Waals surface area contributed by atoms with Crippen LogP contribution in [0.3, 0.4) is 0 Å². The first-order valence-electron chi connectivity index (χ1n) is 2.50. The molecule has 2 heterocycles. The predicted octanol–water partition coefficient (Wildman–Crippen LogP) is 1.06. The van der Waals surface area contributed by atoms with Crippen LogP contribution in [0, 0.1) is 0 Å². The van der Waals surface area contributed by atoms with Gasteiger partial charge < -0.3 is 0 Å². The molecule has 0 aromatic carbocycles. The molecular formula is C4H2N4S2. The molecule has 0 aliphatic rings. The molecular weight excluding hydrogens is 168 g/mol. The Bertz CT molecular complexity index is 255. The normalized spacial score (nSPS) is 10.0. The lowest BCUT2D eigenvalue weighted by atomic mass is 10.7. The van der Waals surface area contributed by atoms with E-state index >= 15 is 0 Å². The van der Waals surface area contributed by atoms with E-state index in [9.17, 15) is 0 Å². The molecule has 0 fully saturated rings. The van der Waals surface area contributed by atoms with E-state index in [0.717, 1.165) is 5.01 Å². The van der Waals surface area contributed by atoms with E-state index in [1.54, 1.807) is 11.0 Å². The maximum absolute atomic E-state index is 4.00. The summed E-state index contributed by atoms with van der Waals surface area (Å²) in [5.41, 5.74) is 3.34. The third-order valence-corrected chi connectivity index (χ3v) is 2.08. The summed E-state index contributed by atoms with van der Waals surface area (Å²) >= 11 is 2.76. The smallest absolute Gasteiger partial charge is 0.203 e. The Labute approximate surface area is 64.8 Å². The second kappa shape index (κ2) is 2.39. The molecule has 0 unspecified atom stereocenters. The molecule has 0 amide bonds. The number of aromatic nitrogens is 4. The van der Waals surface area contributed by atoms with E-state index in [1.807, 2.05) is 0 Å². The van der Waals surface area contributed by atoms with Crippen molar-refractivity contribution in [1.29, 1.82) is 0 Å². The average Bonchev–Trinajstić information content (AvgIpc) is 2.59. The van der Waals surface area contributed by atoms with Crippen LogP contribution in [-0.2, 0) is 0 Å². The maximum Gasteiger partial charge on any atom is 0.203 e. The molecule has 2 rings (SSSR count). The van der Waals surface area contributed by atoms with E-state index in [0.29, 0.717) is 5.82 Å². The summed E-state index contributed by atoms with van der Waals surface area (Å²) in [6, 6.07) is 0. The van der Waals surface area contributed by atoms with Crippen molar-refractivity contribution in [1.82, 2.24) is 19.6 Å². The van der Waals surface area contributed by atoms with E-state index in [4.69, 9.17) is 0 Å². The molecule has 0 atom stereocenters. The number of nitrogens with zero attached hydrogens (tertiary/aromatic N) is 4. The van der Waals surface area contributed by atoms with Gasteiger partial charge in [-0.2, -0.15) is 4.37 Å². The molecule has 50 valence electrons. The lowest BCUT2D eigenvalue weighted by Crippen LogP contribution is -1.76. The minimum atomic E-state index is 0.674. The van der Waals surface area contributed by atoms with Crippen molar-refractivity contribution in [3.05, 3.63) is 11.0 Å². The van der Waals surface area contributed by atoms with Crippen molar-refractivity contribution in [3.63, 3.8) is 0 Å². The van der Waals surface area contributed by atoms with E-state index < -0.39 is 0 Å². The minimum absolute atomic E-state index is 0.674. The first-order chi connectivity index (χ1) is 4.97. The van der Waals surface area contributed by atoms with Crippen LogP contribution >= 0.6 is 22.9 Å². The molecule has 0 N–H and O–H groups in total. The van der Waals surface area contributed by atoms with Gasteiger partial charge in [-0.3, -0.25) is 0 Å². The molecule has 0 saturated heterocycles. The maximum atomic E-state index is 4.00. The van der Waals surface area contributed by atoms with Crippen LogP contribution < -0.4 is 0 Å². The molecule has 2 aromatic heterocycles. The Morgan fingerprint density at radius 3 is 2.90 bits per heavy atom. The molecule has 0 saturated carbocycles. The van der Waals surface area contributed by atoms with Crippen molar-refractivity contribution < 1.29 is 0 Å². The first kappa shape index (κ1) is 5.87. The monoisotopic (exact) mass is 170 g/mol. The van der Waals surface area contributed by atoms with Gasteiger partial charge in [0.15, 0.2) is 5.01 Å². The van der Waals surface area contributed by atoms with Gasteiger partial charge in [-0.05, 0) is 11.5 Å². The second-order valence-corrected chi connectivity index (χ2v) is 2.94. The highest BCUT2D eigenvalue weighted by molar-refractivity contribution is 7.13. The zero-order chi connectivity index (χ0) is 6.81. The van der Waals surface area contributed by atoms with Crippen molar-refractivity contribution in [2.24, 2.45) is 0 Å². The van der Waals surface area contributed by atoms with Crippen LogP contribution in [0.2, 0.25) is 0 Å². The lowest BCUT2D eigenvalue weighted by molar-refractivity contribution is 1.08. The van der Waals surface area contributed by atoms with Crippen LogP contribution in [0.15, 0.2) is 11.0 Å². The van der Waals surface area contributed by atoms with Crippen molar-refractivity contribution in [2.75, 3.05) is 0 Å². The highest BCUT2D eigenvalue weighted by Gasteiger charge is 2.03. The van der Waals surface area contributed by atoms with Gasteiger partial charge in [-0.1, -0.05) is 11.3 Å². The number of rotatable bonds is 1. The minimum Gasteiger partial charge on any atom is -0.221 e. The summed E-state index contributed by atoms with van der Waals surface area (Å²) in [6.45, 7) is 0. The number of hydrogen-bond acceptors (Lipinski definition) is 6. The fourth-order valence-corrected chi connectivity index (χ4v) is 1.51. The van der Waals surface area contributed by atoms with Gasteiger partial charge in [-0.15, -0.1) is 10.2 Å². The Balaban J connectivity index is 2.48. The summed E-state index contributed by atoms with van der Waals surface area (Å²) in [7, 11) is 0. The van der Waals surface area contributed by atoms with E-state index in [2.05, 4.69) is 19.6 Å². The predicted molar refractivity (Wildman–Crippen MR) is 38.8 cm³/mol. The molecule has 2 aromatic rings. The van der Waals surface area contributed by atoms with Gasteiger partial charge in [0.25, 0.3) is 0 Å². The fraction of sp³-hybridized carbons (Fsp3) is 0. The van der Waals surface area contributed by atoms with Crippen LogP contribution in [0.5, 0.6) is 0 Å². The zero-order valence-corrected chi connectivity index (χ0v) is 6.39. The SMILES string of the molecule is c1nc(-c2nncs2)ns1. The highest BCUT2D eigenvalue weighted by atomic mass is 32.1. The topological polar surface area (TPSA) is 51.6 Å². The first-order valence-corrected chi connectivity index (χ1v) is 4.21. The average molecular weight is 170 g/mol. The Hall–Kier alpha value is -0.880. The molecule has 0 radical (unpaired) electrons. The van der Waals surface area contributed by atoms with Gasteiger partial charge in [0.1, 0.15) is 11.0 Å². The van der Waals surface area contributed by atoms with Crippen molar-refractivity contribution >= 4 is 22.9 Å². The van der Waals surface area contributed by atoms with Gasteiger partial charge >= 0.3 is 0 Å². The molecule has 6 heteroatoms. The largest absolute Gasteiger partial charge is 0.221 e. The quantitative estimate of drug-likeness (QED) is 0.642. The lowest BCUT2D eigenvalue weighted by Gasteiger charge is -1.78. The van der Waals surface area contributed by atoms with Crippen molar-refractivity contribution in [2.45, 2.75) is 0 Å². The molecule has 4 nitrogen and oxygen atoms in total. The van der Waals surface area contributed by atoms with Gasteiger partial charge in [0, 0.05) is 0 Å². The molecule has 0 bridgehead atoms. The standard InChI is InChI=1S/C4H2N4S2/c1-5-3(8-10-1)4-7-6-2-9-4/h1-2H. The Morgan fingerprint density at radius 1 is 1.30 bits per heavy atom. The zero-order valence-electron chi connectivity index (χ0n) is 4.76. The molecule has 0 aliphatic heterocycles. The molecule has 0 aliphatic carbocycles. The third kappa shape index (κ3) is 0.910. The van der Waals surface area contributed by atoms with Gasteiger partial charge in [0.2, 0.25) is 5.82 Å². The van der Waals surface area contributed by atoms with Gasteiger partial charge in [0.05, 0.1) is 0 Å². The Kier molecular flexibility index (Phi) is 1.40. The third-order valence-electron chi connectivity index (χ3n) is 0.913. The summed E-state index contributed by atoms with van der Waals surface area (Å²) < 4.78 is 4.00. The fourth-order valence-electron chi connectivity index (χ4n) is 0.535. The van der Waals surface area contributed by atoms with Crippen LogP contribution in [0.1, 0.15) is 0 Å². The van der Waals surface area contributed by atoms with Crippen LogP contribution in [0.25, 0.3) is 10.8 Å². The second-order valence-electron chi connectivity index (χ2n) is 1.50. The van der Waals surface area contributed by atoms with Crippen LogP contribution in [0.4, 0.5) is 0 Å². The van der Waals surface area contributed by atoms with Crippen LogP contribution in [-0.4, -0.2) is 19.6 Å². The summed E-state index contributed by atoms with van der Waals surface area (Å²) in [5, 5.41) is 8.26. The van der Waals surface area contributed by atoms with E-state index in [1.165, 1.54) is 22.9 Å². The van der Waals surface area contributed by atoms with E-state index in [-0.39, 0.29) is 0 Å². The van der Waals surface area contributed by atoms with Gasteiger partial charge in [-0.25, -0.2) is 4.98 Å². The summed E-state index contributed by atoms with van der Waals surface area (Å²) in [5.74, 6) is 0.674. The molecule has 10 heavy (non-hydrogen) atoms. The summed E-state index contributed by atoms with van der Waals surface area (Å²) in [6.07, 6.45) is 0. The highest BCUT2D eigenvalue weighted by Crippen LogP contribution is 2.15. The molecule has 0 spiro atoms. The Morgan fingerprint density at radius 2 is 2.30 bits per heavy atom.